The Bertz CT molecular complexity index is 567. The van der Waals surface area contributed by atoms with Crippen molar-refractivity contribution in [3.05, 3.63) is 33.8 Å². The number of carbonyl (C=O) groups is 1. The van der Waals surface area contributed by atoms with Crippen LogP contribution in [0.2, 0.25) is 10.0 Å². The highest BCUT2D eigenvalue weighted by Gasteiger charge is 2.30. The van der Waals surface area contributed by atoms with Gasteiger partial charge in [0.05, 0.1) is 16.1 Å². The van der Waals surface area contributed by atoms with Gasteiger partial charge in [0.2, 0.25) is 0 Å². The zero-order valence-electron chi connectivity index (χ0n) is 14.1. The molecule has 1 aromatic rings. The van der Waals surface area contributed by atoms with Crippen molar-refractivity contribution in [2.75, 3.05) is 27.2 Å². The molecule has 1 aromatic carbocycles. The number of carbonyl (C=O) groups excluding carboxylic acids is 1. The molecule has 0 saturated carbocycles. The van der Waals surface area contributed by atoms with Gasteiger partial charge in [0.1, 0.15) is 0 Å². The van der Waals surface area contributed by atoms with Crippen molar-refractivity contribution in [2.45, 2.75) is 32.4 Å². The topological polar surface area (TPSA) is 35.6 Å². The number of benzene rings is 1. The van der Waals surface area contributed by atoms with Crippen LogP contribution in [0.3, 0.4) is 0 Å². The van der Waals surface area contributed by atoms with Gasteiger partial charge in [0, 0.05) is 19.6 Å². The van der Waals surface area contributed by atoms with Gasteiger partial charge in [-0.1, -0.05) is 42.3 Å². The second-order valence-electron chi connectivity index (χ2n) is 6.52. The number of hydrogen-bond donors (Lipinski definition) is 1. The number of hydrogen-bond acceptors (Lipinski definition) is 2. The van der Waals surface area contributed by atoms with Crippen molar-refractivity contribution in [3.63, 3.8) is 0 Å². The van der Waals surface area contributed by atoms with Crippen LogP contribution in [0.5, 0.6) is 0 Å². The third kappa shape index (κ3) is 4.31. The zero-order chi connectivity index (χ0) is 17.1. The number of urea groups is 1. The molecule has 4 nitrogen and oxygen atoms in total. The van der Waals surface area contributed by atoms with E-state index in [0.29, 0.717) is 16.0 Å². The molecule has 1 fully saturated rings. The lowest BCUT2D eigenvalue weighted by Gasteiger charge is -2.40. The van der Waals surface area contributed by atoms with Gasteiger partial charge >= 0.3 is 6.03 Å². The first-order valence-electron chi connectivity index (χ1n) is 7.97. The standard InChI is InChI=1S/C17H25Cl2N3O/c1-11-10-21(3)9-8-15(11)22(4)17(23)20-12(2)13-6-5-7-14(18)16(13)19/h5-7,11-12,15H,8-10H2,1-4H3,(H,20,23). The van der Waals surface area contributed by atoms with Crippen LogP contribution in [-0.2, 0) is 0 Å². The third-order valence-corrected chi connectivity index (χ3v) is 5.50. The van der Waals surface area contributed by atoms with Gasteiger partial charge in [-0.2, -0.15) is 0 Å². The molecule has 0 spiro atoms. The SMILES string of the molecule is CC(NC(=O)N(C)C1CCN(C)CC1C)c1cccc(Cl)c1Cl. The van der Waals surface area contributed by atoms with E-state index in [1.54, 1.807) is 6.07 Å². The molecule has 128 valence electrons. The molecule has 0 bridgehead atoms. The number of likely N-dealkylation sites (tertiary alicyclic amines) is 1. The number of halogens is 2. The molecule has 0 radical (unpaired) electrons. The molecule has 1 heterocycles. The molecule has 1 saturated heterocycles. The predicted molar refractivity (Wildman–Crippen MR) is 96.2 cm³/mol. The van der Waals surface area contributed by atoms with Crippen LogP contribution < -0.4 is 5.32 Å². The first-order valence-corrected chi connectivity index (χ1v) is 8.72. The summed E-state index contributed by atoms with van der Waals surface area (Å²) in [4.78, 5) is 16.7. The van der Waals surface area contributed by atoms with Crippen LogP contribution in [0.25, 0.3) is 0 Å². The first kappa shape index (κ1) is 18.4. The largest absolute Gasteiger partial charge is 0.331 e. The molecule has 3 unspecified atom stereocenters. The fraction of sp³-hybridized carbons (Fsp3) is 0.588. The van der Waals surface area contributed by atoms with E-state index in [1.165, 1.54) is 0 Å². The Morgan fingerprint density at radius 3 is 2.78 bits per heavy atom. The molecule has 0 aliphatic carbocycles. The van der Waals surface area contributed by atoms with E-state index in [-0.39, 0.29) is 18.1 Å². The summed E-state index contributed by atoms with van der Waals surface area (Å²) >= 11 is 12.3. The summed E-state index contributed by atoms with van der Waals surface area (Å²) in [6.07, 6.45) is 0.994. The lowest BCUT2D eigenvalue weighted by Crippen LogP contribution is -2.52. The highest BCUT2D eigenvalue weighted by Crippen LogP contribution is 2.30. The summed E-state index contributed by atoms with van der Waals surface area (Å²) in [7, 11) is 3.99. The molecule has 2 rings (SSSR count). The molecule has 1 aliphatic heterocycles. The summed E-state index contributed by atoms with van der Waals surface area (Å²) in [5.74, 6) is 0.453. The lowest BCUT2D eigenvalue weighted by atomic mass is 9.93. The van der Waals surface area contributed by atoms with Crippen molar-refractivity contribution >= 4 is 29.2 Å². The number of amides is 2. The minimum atomic E-state index is -0.197. The Morgan fingerprint density at radius 2 is 2.13 bits per heavy atom. The Balaban J connectivity index is 2.02. The Morgan fingerprint density at radius 1 is 1.43 bits per heavy atom. The Labute approximate surface area is 148 Å². The van der Waals surface area contributed by atoms with Gasteiger partial charge in [-0.3, -0.25) is 0 Å². The molecule has 1 aliphatic rings. The van der Waals surface area contributed by atoms with E-state index >= 15 is 0 Å². The van der Waals surface area contributed by atoms with Crippen molar-refractivity contribution in [1.29, 1.82) is 0 Å². The van der Waals surface area contributed by atoms with Gasteiger partial charge in [-0.25, -0.2) is 4.79 Å². The minimum absolute atomic E-state index is 0.0741. The smallest absolute Gasteiger partial charge is 0.317 e. The average molecular weight is 358 g/mol. The molecular formula is C17H25Cl2N3O. The summed E-state index contributed by atoms with van der Waals surface area (Å²) in [5, 5.41) is 4.02. The van der Waals surface area contributed by atoms with E-state index < -0.39 is 0 Å². The van der Waals surface area contributed by atoms with Crippen molar-refractivity contribution in [3.8, 4) is 0 Å². The van der Waals surface area contributed by atoms with E-state index in [4.69, 9.17) is 23.2 Å². The Kier molecular flexibility index (Phi) is 6.18. The van der Waals surface area contributed by atoms with E-state index in [0.717, 1.165) is 25.1 Å². The number of rotatable bonds is 3. The van der Waals surface area contributed by atoms with Crippen molar-refractivity contribution in [2.24, 2.45) is 5.92 Å². The second-order valence-corrected chi connectivity index (χ2v) is 7.31. The summed E-state index contributed by atoms with van der Waals surface area (Å²) in [6, 6.07) is 5.46. The van der Waals surface area contributed by atoms with Crippen LogP contribution in [0.4, 0.5) is 4.79 Å². The fourth-order valence-corrected chi connectivity index (χ4v) is 3.76. The summed E-state index contributed by atoms with van der Waals surface area (Å²) < 4.78 is 0. The van der Waals surface area contributed by atoms with Gasteiger partial charge < -0.3 is 15.1 Å². The highest BCUT2D eigenvalue weighted by molar-refractivity contribution is 6.42. The highest BCUT2D eigenvalue weighted by atomic mass is 35.5. The first-order chi connectivity index (χ1) is 10.8. The molecule has 2 amide bonds. The van der Waals surface area contributed by atoms with E-state index in [2.05, 4.69) is 24.2 Å². The molecule has 3 atom stereocenters. The van der Waals surface area contributed by atoms with E-state index in [1.807, 2.05) is 31.0 Å². The van der Waals surface area contributed by atoms with Gasteiger partial charge in [0.25, 0.3) is 0 Å². The summed E-state index contributed by atoms with van der Waals surface area (Å²) in [6.45, 7) is 6.14. The second kappa shape index (κ2) is 7.73. The molecule has 6 heteroatoms. The van der Waals surface area contributed by atoms with Gasteiger partial charge in [0.15, 0.2) is 0 Å². The van der Waals surface area contributed by atoms with Crippen LogP contribution in [0, 0.1) is 5.92 Å². The van der Waals surface area contributed by atoms with Gasteiger partial charge in [-0.15, -0.1) is 0 Å². The quantitative estimate of drug-likeness (QED) is 0.885. The maximum atomic E-state index is 12.6. The van der Waals surface area contributed by atoms with Crippen LogP contribution in [0.1, 0.15) is 31.9 Å². The molecule has 23 heavy (non-hydrogen) atoms. The molecule has 0 aromatic heterocycles. The zero-order valence-corrected chi connectivity index (χ0v) is 15.7. The fourth-order valence-electron chi connectivity index (χ4n) is 3.29. The number of nitrogens with zero attached hydrogens (tertiary/aromatic N) is 2. The Hall–Kier alpha value is -0.970. The molecular weight excluding hydrogens is 333 g/mol. The minimum Gasteiger partial charge on any atom is -0.331 e. The molecule has 1 N–H and O–H groups in total. The van der Waals surface area contributed by atoms with Crippen molar-refractivity contribution < 1.29 is 4.79 Å². The van der Waals surface area contributed by atoms with Crippen LogP contribution in [0.15, 0.2) is 18.2 Å². The number of nitrogens with one attached hydrogen (secondary N) is 1. The summed E-state index contributed by atoms with van der Waals surface area (Å²) in [5.41, 5.74) is 0.831. The lowest BCUT2D eigenvalue weighted by molar-refractivity contribution is 0.106. The van der Waals surface area contributed by atoms with E-state index in [9.17, 15) is 4.79 Å². The normalized spacial score (nSPS) is 23.4. The maximum Gasteiger partial charge on any atom is 0.317 e. The van der Waals surface area contributed by atoms with Crippen LogP contribution in [-0.4, -0.2) is 49.1 Å². The number of piperidine rings is 1. The third-order valence-electron chi connectivity index (χ3n) is 4.67. The maximum absolute atomic E-state index is 12.6. The predicted octanol–water partition coefficient (Wildman–Crippen LogP) is 4.04. The van der Waals surface area contributed by atoms with Crippen LogP contribution >= 0.6 is 23.2 Å². The van der Waals surface area contributed by atoms with Gasteiger partial charge in [-0.05, 0) is 44.5 Å². The average Bonchev–Trinajstić information content (AvgIpc) is 2.49. The monoisotopic (exact) mass is 357 g/mol. The van der Waals surface area contributed by atoms with Crippen molar-refractivity contribution in [1.82, 2.24) is 15.1 Å².